The fourth-order valence-electron chi connectivity index (χ4n) is 1.68. The van der Waals surface area contributed by atoms with Crippen LogP contribution in [0.15, 0.2) is 36.5 Å². The Morgan fingerprint density at radius 1 is 1.29 bits per heavy atom. The van der Waals surface area contributed by atoms with Gasteiger partial charge in [-0.05, 0) is 11.6 Å². The quantitative estimate of drug-likeness (QED) is 0.845. The van der Waals surface area contributed by atoms with E-state index in [1.54, 1.807) is 6.20 Å². The predicted octanol–water partition coefficient (Wildman–Crippen LogP) is 2.48. The van der Waals surface area contributed by atoms with Crippen LogP contribution >= 0.6 is 11.6 Å². The number of carbonyl (C=O) groups is 1. The Morgan fingerprint density at radius 3 is 2.94 bits per heavy atom. The fraction of sp³-hybridized carbons (Fsp3) is 0.231. The maximum absolute atomic E-state index is 11.3. The molecule has 17 heavy (non-hydrogen) atoms. The number of aromatic nitrogens is 1. The van der Waals surface area contributed by atoms with E-state index in [1.807, 2.05) is 30.3 Å². The second-order valence-electron chi connectivity index (χ2n) is 3.71. The second-order valence-corrected chi connectivity index (χ2v) is 4.09. The van der Waals surface area contributed by atoms with Crippen molar-refractivity contribution in [3.05, 3.63) is 42.1 Å². The smallest absolute Gasteiger partial charge is 0.221 e. The number of pyridine rings is 1. The van der Waals surface area contributed by atoms with Crippen molar-refractivity contribution in [2.45, 2.75) is 13.0 Å². The van der Waals surface area contributed by atoms with Crippen LogP contribution in [-0.2, 0) is 11.3 Å². The van der Waals surface area contributed by atoms with Crippen LogP contribution in [0.3, 0.4) is 0 Å². The number of amides is 1. The third-order valence-corrected chi connectivity index (χ3v) is 2.70. The summed E-state index contributed by atoms with van der Waals surface area (Å²) in [6.07, 6.45) is 2.10. The highest BCUT2D eigenvalue weighted by Gasteiger charge is 2.03. The number of hydrogen-bond acceptors (Lipinski definition) is 2. The van der Waals surface area contributed by atoms with Crippen molar-refractivity contribution >= 4 is 28.4 Å². The van der Waals surface area contributed by atoms with Crippen LogP contribution in [-0.4, -0.2) is 16.8 Å². The van der Waals surface area contributed by atoms with Crippen molar-refractivity contribution in [1.29, 1.82) is 0 Å². The SMILES string of the molecule is O=C(CCCl)NCc1cccc2cccnc12. The minimum Gasteiger partial charge on any atom is -0.352 e. The summed E-state index contributed by atoms with van der Waals surface area (Å²) < 4.78 is 0. The van der Waals surface area contributed by atoms with E-state index < -0.39 is 0 Å². The van der Waals surface area contributed by atoms with Gasteiger partial charge in [0.1, 0.15) is 0 Å². The van der Waals surface area contributed by atoms with E-state index in [2.05, 4.69) is 10.3 Å². The Bertz CT molecular complexity index is 522. The lowest BCUT2D eigenvalue weighted by molar-refractivity contribution is -0.120. The van der Waals surface area contributed by atoms with Gasteiger partial charge in [-0.15, -0.1) is 11.6 Å². The average Bonchev–Trinajstić information content (AvgIpc) is 2.36. The normalized spacial score (nSPS) is 10.4. The summed E-state index contributed by atoms with van der Waals surface area (Å²) in [6, 6.07) is 9.85. The van der Waals surface area contributed by atoms with Gasteiger partial charge in [-0.1, -0.05) is 24.3 Å². The van der Waals surface area contributed by atoms with Crippen molar-refractivity contribution in [2.24, 2.45) is 0 Å². The van der Waals surface area contributed by atoms with Crippen LogP contribution in [0.5, 0.6) is 0 Å². The van der Waals surface area contributed by atoms with Crippen molar-refractivity contribution in [3.8, 4) is 0 Å². The lowest BCUT2D eigenvalue weighted by Crippen LogP contribution is -2.22. The Morgan fingerprint density at radius 2 is 2.12 bits per heavy atom. The maximum Gasteiger partial charge on any atom is 0.221 e. The first-order valence-electron chi connectivity index (χ1n) is 5.46. The highest BCUT2D eigenvalue weighted by Crippen LogP contribution is 2.15. The summed E-state index contributed by atoms with van der Waals surface area (Å²) in [7, 11) is 0. The molecule has 0 spiro atoms. The van der Waals surface area contributed by atoms with Crippen LogP contribution in [0.2, 0.25) is 0 Å². The molecule has 88 valence electrons. The van der Waals surface area contributed by atoms with Gasteiger partial charge in [0.25, 0.3) is 0 Å². The molecule has 1 aromatic carbocycles. The lowest BCUT2D eigenvalue weighted by atomic mass is 10.1. The molecule has 2 aromatic rings. The number of nitrogens with zero attached hydrogens (tertiary/aromatic N) is 1. The molecule has 1 heterocycles. The number of para-hydroxylation sites is 1. The summed E-state index contributed by atoms with van der Waals surface area (Å²) in [5.41, 5.74) is 1.95. The molecule has 4 heteroatoms. The molecular weight excluding hydrogens is 236 g/mol. The number of nitrogens with one attached hydrogen (secondary N) is 1. The van der Waals surface area contributed by atoms with Gasteiger partial charge < -0.3 is 5.32 Å². The molecule has 2 rings (SSSR count). The van der Waals surface area contributed by atoms with E-state index in [0.717, 1.165) is 16.5 Å². The summed E-state index contributed by atoms with van der Waals surface area (Å²) in [5, 5.41) is 3.91. The number of benzene rings is 1. The van der Waals surface area contributed by atoms with Crippen molar-refractivity contribution in [2.75, 3.05) is 5.88 Å². The minimum atomic E-state index is -0.0343. The highest BCUT2D eigenvalue weighted by atomic mass is 35.5. The highest BCUT2D eigenvalue weighted by molar-refractivity contribution is 6.18. The van der Waals surface area contributed by atoms with E-state index in [0.29, 0.717) is 18.8 Å². The maximum atomic E-state index is 11.3. The third kappa shape index (κ3) is 2.94. The van der Waals surface area contributed by atoms with Crippen LogP contribution in [0.4, 0.5) is 0 Å². The molecule has 0 radical (unpaired) electrons. The van der Waals surface area contributed by atoms with Gasteiger partial charge in [-0.2, -0.15) is 0 Å². The van der Waals surface area contributed by atoms with Crippen LogP contribution in [0.25, 0.3) is 10.9 Å². The third-order valence-electron chi connectivity index (χ3n) is 2.51. The van der Waals surface area contributed by atoms with Crippen molar-refractivity contribution < 1.29 is 4.79 Å². The zero-order chi connectivity index (χ0) is 12.1. The van der Waals surface area contributed by atoms with Gasteiger partial charge >= 0.3 is 0 Å². The van der Waals surface area contributed by atoms with Gasteiger partial charge in [0.05, 0.1) is 5.52 Å². The van der Waals surface area contributed by atoms with Gasteiger partial charge in [-0.25, -0.2) is 0 Å². The van der Waals surface area contributed by atoms with Crippen LogP contribution in [0.1, 0.15) is 12.0 Å². The molecule has 0 saturated heterocycles. The van der Waals surface area contributed by atoms with E-state index in [-0.39, 0.29) is 5.91 Å². The molecule has 0 unspecified atom stereocenters. The monoisotopic (exact) mass is 248 g/mol. The second kappa shape index (κ2) is 5.64. The first kappa shape index (κ1) is 11.9. The number of hydrogen-bond donors (Lipinski definition) is 1. The lowest BCUT2D eigenvalue weighted by Gasteiger charge is -2.06. The summed E-state index contributed by atoms with van der Waals surface area (Å²) in [6.45, 7) is 0.490. The minimum absolute atomic E-state index is 0.0343. The molecule has 0 saturated carbocycles. The summed E-state index contributed by atoms with van der Waals surface area (Å²) in [5.74, 6) is 0.313. The molecule has 0 aliphatic carbocycles. The van der Waals surface area contributed by atoms with Crippen LogP contribution < -0.4 is 5.32 Å². The number of carbonyl (C=O) groups excluding carboxylic acids is 1. The van der Waals surface area contributed by atoms with Gasteiger partial charge in [0.2, 0.25) is 5.91 Å². The molecule has 1 amide bonds. The number of alkyl halides is 1. The Labute approximate surface area is 105 Å². The Hall–Kier alpha value is -1.61. The van der Waals surface area contributed by atoms with Gasteiger partial charge in [0.15, 0.2) is 0 Å². The van der Waals surface area contributed by atoms with Gasteiger partial charge in [-0.3, -0.25) is 9.78 Å². The molecular formula is C13H13ClN2O. The Kier molecular flexibility index (Phi) is 3.94. The van der Waals surface area contributed by atoms with Crippen LogP contribution in [0, 0.1) is 0 Å². The molecule has 3 nitrogen and oxygen atoms in total. The predicted molar refractivity (Wildman–Crippen MR) is 68.9 cm³/mol. The Balaban J connectivity index is 2.16. The first-order chi connectivity index (χ1) is 8.31. The molecule has 1 N–H and O–H groups in total. The molecule has 0 bridgehead atoms. The summed E-state index contributed by atoms with van der Waals surface area (Å²) in [4.78, 5) is 15.7. The molecule has 0 aliphatic rings. The zero-order valence-corrected chi connectivity index (χ0v) is 10.1. The molecule has 0 aliphatic heterocycles. The first-order valence-corrected chi connectivity index (χ1v) is 6.00. The largest absolute Gasteiger partial charge is 0.352 e. The van der Waals surface area contributed by atoms with E-state index in [4.69, 9.17) is 11.6 Å². The van der Waals surface area contributed by atoms with E-state index in [1.165, 1.54) is 0 Å². The van der Waals surface area contributed by atoms with Crippen molar-refractivity contribution in [3.63, 3.8) is 0 Å². The molecule has 1 aromatic heterocycles. The van der Waals surface area contributed by atoms with Crippen molar-refractivity contribution in [1.82, 2.24) is 10.3 Å². The van der Waals surface area contributed by atoms with E-state index in [9.17, 15) is 4.79 Å². The standard InChI is InChI=1S/C13H13ClN2O/c14-7-6-12(17)16-9-11-4-1-3-10-5-2-8-15-13(10)11/h1-5,8H,6-7,9H2,(H,16,17). The van der Waals surface area contributed by atoms with E-state index >= 15 is 0 Å². The number of rotatable bonds is 4. The summed E-state index contributed by atoms with van der Waals surface area (Å²) >= 11 is 5.50. The zero-order valence-electron chi connectivity index (χ0n) is 9.32. The fourth-order valence-corrected chi connectivity index (χ4v) is 1.85. The van der Waals surface area contributed by atoms with Gasteiger partial charge in [0, 0.05) is 30.4 Å². The number of halogens is 1. The average molecular weight is 249 g/mol. The molecule has 0 atom stereocenters. The molecule has 0 fully saturated rings. The number of fused-ring (bicyclic) bond motifs is 1. The topological polar surface area (TPSA) is 42.0 Å².